The predicted octanol–water partition coefficient (Wildman–Crippen LogP) is 9.66. The van der Waals surface area contributed by atoms with Gasteiger partial charge in [-0.25, -0.2) is 9.37 Å². The average Bonchev–Trinajstić information content (AvgIpc) is 3.17. The number of carbonyl (C=O) groups excluding carboxylic acids is 1. The van der Waals surface area contributed by atoms with Crippen LogP contribution in [-0.2, 0) is 24.4 Å². The number of hydrogen-bond donors (Lipinski definition) is 0. The summed E-state index contributed by atoms with van der Waals surface area (Å²) in [6.07, 6.45) is 4.85. The van der Waals surface area contributed by atoms with Crippen molar-refractivity contribution in [2.24, 2.45) is 0 Å². The molecular formula is C44H45ClFN3O4. The van der Waals surface area contributed by atoms with Crippen LogP contribution in [0.5, 0.6) is 23.1 Å². The third-order valence-electron chi connectivity index (χ3n) is 9.33. The van der Waals surface area contributed by atoms with Crippen molar-refractivity contribution in [2.45, 2.75) is 46.3 Å². The molecule has 1 aromatic heterocycles. The molecule has 0 N–H and O–H groups in total. The number of allylic oxidation sites excluding steroid dienone is 1. The minimum Gasteiger partial charge on any atom is -0.493 e. The molecule has 2 heterocycles. The van der Waals surface area contributed by atoms with E-state index in [0.717, 1.165) is 67.8 Å². The Balaban J connectivity index is 0.995. The van der Waals surface area contributed by atoms with Gasteiger partial charge in [-0.3, -0.25) is 9.69 Å². The van der Waals surface area contributed by atoms with Gasteiger partial charge in [0.05, 0.1) is 17.8 Å². The van der Waals surface area contributed by atoms with E-state index in [1.165, 1.54) is 28.8 Å². The lowest BCUT2D eigenvalue weighted by atomic mass is 10.0. The molecule has 0 amide bonds. The number of aromatic nitrogens is 1. The first kappa shape index (κ1) is 37.6. The van der Waals surface area contributed by atoms with Crippen molar-refractivity contribution in [1.82, 2.24) is 14.8 Å². The van der Waals surface area contributed by atoms with Gasteiger partial charge in [0.1, 0.15) is 30.2 Å². The first-order valence-corrected chi connectivity index (χ1v) is 18.4. The number of carbonyl (C=O) groups is 1. The van der Waals surface area contributed by atoms with E-state index in [-0.39, 0.29) is 5.82 Å². The van der Waals surface area contributed by atoms with Gasteiger partial charge in [-0.05, 0) is 88.7 Å². The first-order chi connectivity index (χ1) is 25.7. The fraction of sp³-hybridized carbons (Fsp3) is 0.273. The van der Waals surface area contributed by atoms with E-state index in [9.17, 15) is 9.18 Å². The van der Waals surface area contributed by atoms with Crippen LogP contribution in [0.4, 0.5) is 4.39 Å². The summed E-state index contributed by atoms with van der Waals surface area (Å²) in [5.74, 6) is 2.45. The van der Waals surface area contributed by atoms with Gasteiger partial charge in [0.2, 0.25) is 5.88 Å². The molecule has 1 fully saturated rings. The molecule has 274 valence electrons. The third-order valence-corrected chi connectivity index (χ3v) is 9.61. The van der Waals surface area contributed by atoms with Crippen LogP contribution in [0.2, 0.25) is 5.02 Å². The normalized spacial score (nSPS) is 13.6. The van der Waals surface area contributed by atoms with Crippen molar-refractivity contribution >= 4 is 23.6 Å². The summed E-state index contributed by atoms with van der Waals surface area (Å²) in [7, 11) is 0. The Kier molecular flexibility index (Phi) is 12.8. The number of hydrogen-bond acceptors (Lipinski definition) is 7. The standard InChI is InChI=1S/C44H45ClFN3O4/c1-31(2)36-10-8-35(9-11-36)30-52-40-16-17-43(47-28-40)53-44-32(3)26-37(27-41(44)45)42(18-24-50)49-22-20-48(21-23-49)29-34-6-4-33(5-7-34)19-25-51-39-14-12-38(46)13-15-39/h4-18,24,26-28,31H,19-23,25,29-30H2,1-3H3/b42-18+. The lowest BCUT2D eigenvalue weighted by molar-refractivity contribution is -0.104. The van der Waals surface area contributed by atoms with E-state index in [4.69, 9.17) is 25.8 Å². The monoisotopic (exact) mass is 733 g/mol. The molecule has 5 aromatic rings. The van der Waals surface area contributed by atoms with E-state index < -0.39 is 0 Å². The summed E-state index contributed by atoms with van der Waals surface area (Å²) >= 11 is 6.79. The highest BCUT2D eigenvalue weighted by molar-refractivity contribution is 6.32. The molecule has 53 heavy (non-hydrogen) atoms. The fourth-order valence-electron chi connectivity index (χ4n) is 6.27. The second-order valence-corrected chi connectivity index (χ2v) is 14.0. The number of aldehydes is 1. The summed E-state index contributed by atoms with van der Waals surface area (Å²) < 4.78 is 30.9. The van der Waals surface area contributed by atoms with Crippen LogP contribution in [0.15, 0.2) is 109 Å². The fourth-order valence-corrected chi connectivity index (χ4v) is 6.58. The van der Waals surface area contributed by atoms with E-state index in [0.29, 0.717) is 47.3 Å². The zero-order valence-electron chi connectivity index (χ0n) is 30.4. The highest BCUT2D eigenvalue weighted by atomic mass is 35.5. The second kappa shape index (κ2) is 18.0. The second-order valence-electron chi connectivity index (χ2n) is 13.5. The van der Waals surface area contributed by atoms with Crippen LogP contribution < -0.4 is 14.2 Å². The summed E-state index contributed by atoms with van der Waals surface area (Å²) in [5, 5.41) is 0.438. The topological polar surface area (TPSA) is 64.1 Å². The number of halogens is 2. The Labute approximate surface area is 316 Å². The van der Waals surface area contributed by atoms with Crippen LogP contribution in [0.1, 0.15) is 53.1 Å². The van der Waals surface area contributed by atoms with Crippen molar-refractivity contribution in [3.05, 3.63) is 154 Å². The molecule has 1 aliphatic heterocycles. The molecule has 0 aliphatic carbocycles. The van der Waals surface area contributed by atoms with Gasteiger partial charge >= 0.3 is 0 Å². The lowest BCUT2D eigenvalue weighted by Gasteiger charge is -2.37. The van der Waals surface area contributed by atoms with E-state index in [1.54, 1.807) is 30.5 Å². The molecule has 4 aromatic carbocycles. The molecule has 0 radical (unpaired) electrons. The minimum absolute atomic E-state index is 0.272. The highest BCUT2D eigenvalue weighted by Gasteiger charge is 2.22. The summed E-state index contributed by atoms with van der Waals surface area (Å²) in [6.45, 7) is 11.4. The maximum atomic E-state index is 13.1. The van der Waals surface area contributed by atoms with Crippen LogP contribution in [0.3, 0.4) is 0 Å². The predicted molar refractivity (Wildman–Crippen MR) is 208 cm³/mol. The third kappa shape index (κ3) is 10.5. The van der Waals surface area contributed by atoms with Gasteiger partial charge in [-0.15, -0.1) is 0 Å². The molecule has 9 heteroatoms. The number of ether oxygens (including phenoxy) is 3. The Morgan fingerprint density at radius 2 is 1.53 bits per heavy atom. The maximum absolute atomic E-state index is 13.1. The summed E-state index contributed by atoms with van der Waals surface area (Å²) in [5.41, 5.74) is 7.35. The Bertz CT molecular complexity index is 1950. The Morgan fingerprint density at radius 3 is 2.17 bits per heavy atom. The number of benzene rings is 4. The molecule has 0 spiro atoms. The molecule has 0 saturated carbocycles. The number of pyridine rings is 1. The van der Waals surface area contributed by atoms with Gasteiger partial charge in [-0.1, -0.05) is 74.0 Å². The molecule has 0 atom stereocenters. The quantitative estimate of drug-likeness (QED) is 0.0785. The summed E-state index contributed by atoms with van der Waals surface area (Å²) in [4.78, 5) is 20.9. The Morgan fingerprint density at radius 1 is 0.849 bits per heavy atom. The number of aryl methyl sites for hydroxylation is 1. The molecule has 0 bridgehead atoms. The number of nitrogens with zero attached hydrogens (tertiary/aromatic N) is 3. The van der Waals surface area contributed by atoms with E-state index >= 15 is 0 Å². The van der Waals surface area contributed by atoms with E-state index in [1.807, 2.05) is 25.1 Å². The molecule has 7 nitrogen and oxygen atoms in total. The van der Waals surface area contributed by atoms with Crippen LogP contribution >= 0.6 is 11.6 Å². The van der Waals surface area contributed by atoms with Crippen molar-refractivity contribution in [3.8, 4) is 23.1 Å². The highest BCUT2D eigenvalue weighted by Crippen LogP contribution is 2.36. The lowest BCUT2D eigenvalue weighted by Crippen LogP contribution is -2.45. The van der Waals surface area contributed by atoms with Gasteiger partial charge < -0.3 is 19.1 Å². The van der Waals surface area contributed by atoms with Gasteiger partial charge in [0.15, 0.2) is 5.75 Å². The summed E-state index contributed by atoms with van der Waals surface area (Å²) in [6, 6.07) is 30.6. The minimum atomic E-state index is -0.272. The Hall–Kier alpha value is -5.18. The molecular weight excluding hydrogens is 689 g/mol. The van der Waals surface area contributed by atoms with E-state index in [2.05, 4.69) is 77.2 Å². The first-order valence-electron chi connectivity index (χ1n) is 18.0. The van der Waals surface area contributed by atoms with Crippen molar-refractivity contribution in [3.63, 3.8) is 0 Å². The number of rotatable bonds is 15. The van der Waals surface area contributed by atoms with Gasteiger partial charge in [-0.2, -0.15) is 0 Å². The molecule has 1 saturated heterocycles. The van der Waals surface area contributed by atoms with Crippen molar-refractivity contribution in [2.75, 3.05) is 32.8 Å². The van der Waals surface area contributed by atoms with Crippen LogP contribution in [0.25, 0.3) is 5.70 Å². The van der Waals surface area contributed by atoms with Gasteiger partial charge in [0, 0.05) is 57.0 Å². The van der Waals surface area contributed by atoms with Gasteiger partial charge in [0.25, 0.3) is 0 Å². The van der Waals surface area contributed by atoms with Crippen molar-refractivity contribution in [1.29, 1.82) is 0 Å². The maximum Gasteiger partial charge on any atom is 0.219 e. The zero-order chi connectivity index (χ0) is 37.2. The zero-order valence-corrected chi connectivity index (χ0v) is 31.2. The average molecular weight is 734 g/mol. The molecule has 6 rings (SSSR count). The van der Waals surface area contributed by atoms with Crippen molar-refractivity contribution < 1.29 is 23.4 Å². The van der Waals surface area contributed by atoms with Crippen LogP contribution in [0, 0.1) is 12.7 Å². The SMILES string of the molecule is Cc1cc(/C(=C\C=O)N2CCN(Cc3ccc(CCOc4ccc(F)cc4)cc3)CC2)cc(Cl)c1Oc1ccc(OCc2ccc(C(C)C)cc2)cn1. The number of piperazine rings is 1. The molecule has 1 aliphatic rings. The molecule has 0 unspecified atom stereocenters. The smallest absolute Gasteiger partial charge is 0.219 e. The van der Waals surface area contributed by atoms with Crippen LogP contribution in [-0.4, -0.2) is 53.9 Å². The largest absolute Gasteiger partial charge is 0.493 e.